The number of nitrogens with zero attached hydrogens (tertiary/aromatic N) is 3. The van der Waals surface area contributed by atoms with Crippen LogP contribution in [0.1, 0.15) is 55.3 Å². The lowest BCUT2D eigenvalue weighted by Crippen LogP contribution is -2.27. The molecule has 0 spiro atoms. The van der Waals surface area contributed by atoms with Crippen molar-refractivity contribution < 1.29 is 18.8 Å². The number of rotatable bonds is 7. The smallest absolute Gasteiger partial charge is 0.249 e. The molecule has 0 bridgehead atoms. The zero-order valence-electron chi connectivity index (χ0n) is 19.2. The third kappa shape index (κ3) is 4.47. The topological polar surface area (TPSA) is 77.7 Å². The van der Waals surface area contributed by atoms with Crippen LogP contribution in [0.5, 0.6) is 11.5 Å². The number of benzene rings is 2. The first-order valence-electron chi connectivity index (χ1n) is 10.9. The van der Waals surface area contributed by atoms with Gasteiger partial charge in [-0.3, -0.25) is 4.79 Å². The van der Waals surface area contributed by atoms with Gasteiger partial charge in [-0.1, -0.05) is 23.4 Å². The van der Waals surface area contributed by atoms with Gasteiger partial charge >= 0.3 is 0 Å². The van der Waals surface area contributed by atoms with Crippen LogP contribution in [0.15, 0.2) is 40.9 Å². The third-order valence-corrected chi connectivity index (χ3v) is 5.76. The van der Waals surface area contributed by atoms with Crippen molar-refractivity contribution in [1.82, 2.24) is 15.0 Å². The molecule has 2 heterocycles. The van der Waals surface area contributed by atoms with E-state index in [0.717, 1.165) is 11.1 Å². The molecular weight excluding hydrogens is 406 g/mol. The number of carbonyl (C=O) groups excluding carboxylic acids is 1. The zero-order valence-corrected chi connectivity index (χ0v) is 19.2. The lowest BCUT2D eigenvalue weighted by molar-refractivity contribution is -0.130. The number of aryl methyl sites for hydroxylation is 2. The first kappa shape index (κ1) is 21.9. The summed E-state index contributed by atoms with van der Waals surface area (Å²) >= 11 is 0. The largest absolute Gasteiger partial charge is 0.493 e. The Bertz CT molecular complexity index is 1120. The molecule has 32 heavy (non-hydrogen) atoms. The van der Waals surface area contributed by atoms with Crippen LogP contribution in [0.3, 0.4) is 0 Å². The second kappa shape index (κ2) is 9.02. The second-order valence-electron chi connectivity index (χ2n) is 8.48. The summed E-state index contributed by atoms with van der Waals surface area (Å²) in [5.41, 5.74) is 4.31. The Balaban J connectivity index is 1.56. The van der Waals surface area contributed by atoms with Crippen molar-refractivity contribution in [3.63, 3.8) is 0 Å². The molecule has 7 nitrogen and oxygen atoms in total. The highest BCUT2D eigenvalue weighted by Crippen LogP contribution is 2.36. The van der Waals surface area contributed by atoms with Gasteiger partial charge in [-0.25, -0.2) is 0 Å². The molecule has 1 aromatic heterocycles. The summed E-state index contributed by atoms with van der Waals surface area (Å²) in [6, 6.07) is 11.6. The van der Waals surface area contributed by atoms with Crippen molar-refractivity contribution in [3.05, 3.63) is 59.0 Å². The van der Waals surface area contributed by atoms with Crippen molar-refractivity contribution in [2.45, 2.75) is 59.2 Å². The van der Waals surface area contributed by atoms with Gasteiger partial charge in [0.25, 0.3) is 0 Å². The number of amides is 1. The van der Waals surface area contributed by atoms with Gasteiger partial charge < -0.3 is 18.9 Å². The summed E-state index contributed by atoms with van der Waals surface area (Å²) in [7, 11) is 1.60. The van der Waals surface area contributed by atoms with Gasteiger partial charge in [0.05, 0.1) is 13.2 Å². The molecule has 2 aromatic carbocycles. The van der Waals surface area contributed by atoms with E-state index in [-0.39, 0.29) is 18.1 Å². The molecule has 0 N–H and O–H groups in total. The van der Waals surface area contributed by atoms with E-state index in [9.17, 15) is 4.79 Å². The minimum absolute atomic E-state index is 0.0368. The maximum Gasteiger partial charge on any atom is 0.249 e. The molecule has 1 fully saturated rings. The zero-order chi connectivity index (χ0) is 22.8. The molecule has 168 valence electrons. The minimum Gasteiger partial charge on any atom is -0.493 e. The fourth-order valence-electron chi connectivity index (χ4n) is 3.93. The van der Waals surface area contributed by atoms with Gasteiger partial charge in [-0.2, -0.15) is 4.98 Å². The molecule has 1 amide bonds. The molecule has 1 saturated heterocycles. The molecule has 0 radical (unpaired) electrons. The Kier molecular flexibility index (Phi) is 6.17. The predicted molar refractivity (Wildman–Crippen MR) is 120 cm³/mol. The number of likely N-dealkylation sites (tertiary alicyclic amines) is 1. The number of aromatic nitrogens is 2. The van der Waals surface area contributed by atoms with Crippen molar-refractivity contribution in [3.8, 4) is 22.9 Å². The van der Waals surface area contributed by atoms with Gasteiger partial charge in [0.15, 0.2) is 11.5 Å². The van der Waals surface area contributed by atoms with Crippen LogP contribution in [0.4, 0.5) is 0 Å². The third-order valence-electron chi connectivity index (χ3n) is 5.76. The van der Waals surface area contributed by atoms with Gasteiger partial charge in [-0.05, 0) is 69.0 Å². The molecule has 0 saturated carbocycles. The normalized spacial score (nSPS) is 16.1. The molecule has 1 unspecified atom stereocenters. The highest BCUT2D eigenvalue weighted by Gasteiger charge is 2.36. The number of methoxy groups -OCH3 is 1. The average molecular weight is 436 g/mol. The summed E-state index contributed by atoms with van der Waals surface area (Å²) in [5, 5.41) is 4.17. The fourth-order valence-corrected chi connectivity index (χ4v) is 3.93. The van der Waals surface area contributed by atoms with E-state index in [0.29, 0.717) is 42.6 Å². The Morgan fingerprint density at radius 2 is 1.94 bits per heavy atom. The molecular formula is C25H29N3O4. The molecule has 7 heteroatoms. The monoisotopic (exact) mass is 435 g/mol. The summed E-state index contributed by atoms with van der Waals surface area (Å²) in [6.07, 6.45) is 1.17. The van der Waals surface area contributed by atoms with Crippen molar-refractivity contribution >= 4 is 5.91 Å². The van der Waals surface area contributed by atoms with E-state index in [1.807, 2.05) is 36.9 Å². The standard InChI is InChI=1S/C25H29N3O4/c1-15(2)31-21-10-8-19(13-22(21)30-5)24-26-25(32-27-24)20-9-11-23(29)28(20)14-18-7-6-16(3)17(4)12-18/h6-8,10,12-13,15,20H,9,11,14H2,1-5H3. The minimum atomic E-state index is -0.226. The molecule has 3 aromatic rings. The lowest BCUT2D eigenvalue weighted by Gasteiger charge is -2.22. The average Bonchev–Trinajstić information content (AvgIpc) is 3.38. The SMILES string of the molecule is COc1cc(-c2noc(C3CCC(=O)N3Cc3ccc(C)c(C)c3)n2)ccc1OC(C)C. The van der Waals surface area contributed by atoms with E-state index in [4.69, 9.17) is 14.0 Å². The van der Waals surface area contributed by atoms with Crippen LogP contribution in [0.2, 0.25) is 0 Å². The van der Waals surface area contributed by atoms with Gasteiger partial charge in [-0.15, -0.1) is 0 Å². The Hall–Kier alpha value is -3.35. The van der Waals surface area contributed by atoms with Crippen molar-refractivity contribution in [1.29, 1.82) is 0 Å². The van der Waals surface area contributed by atoms with E-state index < -0.39 is 0 Å². The van der Waals surface area contributed by atoms with Gasteiger partial charge in [0, 0.05) is 18.5 Å². The number of ether oxygens (including phenoxy) is 2. The Morgan fingerprint density at radius 1 is 1.12 bits per heavy atom. The maximum absolute atomic E-state index is 12.6. The molecule has 1 aliphatic rings. The highest BCUT2D eigenvalue weighted by molar-refractivity contribution is 5.79. The fraction of sp³-hybridized carbons (Fsp3) is 0.400. The summed E-state index contributed by atoms with van der Waals surface area (Å²) < 4.78 is 16.8. The number of hydrogen-bond donors (Lipinski definition) is 0. The highest BCUT2D eigenvalue weighted by atomic mass is 16.5. The van der Waals surface area contributed by atoms with Crippen molar-refractivity contribution in [2.24, 2.45) is 0 Å². The maximum atomic E-state index is 12.6. The van der Waals surface area contributed by atoms with E-state index in [1.165, 1.54) is 11.1 Å². The Morgan fingerprint density at radius 3 is 2.66 bits per heavy atom. The summed E-state index contributed by atoms with van der Waals surface area (Å²) in [5.74, 6) is 2.28. The molecule has 1 atom stereocenters. The van der Waals surface area contributed by atoms with Crippen LogP contribution in [-0.2, 0) is 11.3 Å². The van der Waals surface area contributed by atoms with Crippen LogP contribution >= 0.6 is 0 Å². The van der Waals surface area contributed by atoms with E-state index >= 15 is 0 Å². The van der Waals surface area contributed by atoms with Crippen LogP contribution in [0.25, 0.3) is 11.4 Å². The first-order chi connectivity index (χ1) is 15.4. The van der Waals surface area contributed by atoms with E-state index in [2.05, 4.69) is 42.2 Å². The van der Waals surface area contributed by atoms with Gasteiger partial charge in [0.2, 0.25) is 17.6 Å². The number of hydrogen-bond acceptors (Lipinski definition) is 6. The summed E-state index contributed by atoms with van der Waals surface area (Å²) in [4.78, 5) is 19.1. The van der Waals surface area contributed by atoms with Crippen LogP contribution in [0, 0.1) is 13.8 Å². The van der Waals surface area contributed by atoms with E-state index in [1.54, 1.807) is 7.11 Å². The summed E-state index contributed by atoms with van der Waals surface area (Å²) in [6.45, 7) is 8.62. The quantitative estimate of drug-likeness (QED) is 0.519. The van der Waals surface area contributed by atoms with Crippen LogP contribution in [-0.4, -0.2) is 34.2 Å². The first-order valence-corrected chi connectivity index (χ1v) is 10.9. The van der Waals surface area contributed by atoms with Crippen molar-refractivity contribution in [2.75, 3.05) is 7.11 Å². The second-order valence-corrected chi connectivity index (χ2v) is 8.48. The predicted octanol–water partition coefficient (Wildman–Crippen LogP) is 5.01. The Labute approximate surface area is 188 Å². The van der Waals surface area contributed by atoms with Crippen LogP contribution < -0.4 is 9.47 Å². The molecule has 1 aliphatic heterocycles. The number of carbonyl (C=O) groups is 1. The van der Waals surface area contributed by atoms with Gasteiger partial charge in [0.1, 0.15) is 6.04 Å². The molecule has 0 aliphatic carbocycles. The molecule has 4 rings (SSSR count). The lowest BCUT2D eigenvalue weighted by atomic mass is 10.1.